The van der Waals surface area contributed by atoms with Crippen molar-refractivity contribution in [2.24, 2.45) is 11.8 Å². The lowest BCUT2D eigenvalue weighted by Gasteiger charge is -2.21. The predicted octanol–water partition coefficient (Wildman–Crippen LogP) is 1.98. The Kier molecular flexibility index (Phi) is 5.58. The van der Waals surface area contributed by atoms with Gasteiger partial charge in [-0.05, 0) is 44.0 Å². The summed E-state index contributed by atoms with van der Waals surface area (Å²) in [6, 6.07) is 5.41. The Balaban J connectivity index is 1.59. The zero-order valence-electron chi connectivity index (χ0n) is 15.5. The Labute approximate surface area is 157 Å². The van der Waals surface area contributed by atoms with Crippen molar-refractivity contribution in [2.45, 2.75) is 38.6 Å². The minimum Gasteiger partial charge on any atom is -0.497 e. The largest absolute Gasteiger partial charge is 0.497 e. The second kappa shape index (κ2) is 7.90. The first-order chi connectivity index (χ1) is 12.9. The highest BCUT2D eigenvalue weighted by atomic mass is 16.5. The fourth-order valence-corrected chi connectivity index (χ4v) is 3.79. The van der Waals surface area contributed by atoms with E-state index in [9.17, 15) is 19.2 Å². The number of esters is 1. The van der Waals surface area contributed by atoms with Crippen molar-refractivity contribution in [2.75, 3.05) is 13.7 Å². The summed E-state index contributed by atoms with van der Waals surface area (Å²) in [5.41, 5.74) is 0.385. The summed E-state index contributed by atoms with van der Waals surface area (Å²) in [5.74, 6) is -1.73. The highest BCUT2D eigenvalue weighted by molar-refractivity contribution is 6.08. The second-order valence-corrected chi connectivity index (χ2v) is 6.98. The van der Waals surface area contributed by atoms with Crippen molar-refractivity contribution in [3.63, 3.8) is 0 Å². The highest BCUT2D eigenvalue weighted by Crippen LogP contribution is 2.38. The number of ether oxygens (including phenoxy) is 2. The van der Waals surface area contributed by atoms with Gasteiger partial charge in [0.05, 0.1) is 18.9 Å². The molecule has 1 aromatic carbocycles. The van der Waals surface area contributed by atoms with Crippen molar-refractivity contribution in [1.29, 1.82) is 0 Å². The van der Waals surface area contributed by atoms with Crippen LogP contribution in [0.15, 0.2) is 24.3 Å². The van der Waals surface area contributed by atoms with Crippen LogP contribution in [0.1, 0.15) is 43.0 Å². The van der Waals surface area contributed by atoms with Gasteiger partial charge in [-0.25, -0.2) is 4.79 Å². The van der Waals surface area contributed by atoms with Gasteiger partial charge in [-0.3, -0.25) is 19.3 Å². The summed E-state index contributed by atoms with van der Waals surface area (Å²) in [6.45, 7) is 1.02. The van der Waals surface area contributed by atoms with E-state index in [1.165, 1.54) is 14.0 Å². The molecule has 1 heterocycles. The van der Waals surface area contributed by atoms with Crippen molar-refractivity contribution in [3.8, 4) is 5.75 Å². The molecule has 0 bridgehead atoms. The molecule has 27 heavy (non-hydrogen) atoms. The summed E-state index contributed by atoms with van der Waals surface area (Å²) < 4.78 is 10.1. The lowest BCUT2D eigenvalue weighted by molar-refractivity contribution is -0.157. The van der Waals surface area contributed by atoms with E-state index < -0.39 is 18.6 Å². The van der Waals surface area contributed by atoms with Gasteiger partial charge in [-0.15, -0.1) is 0 Å². The van der Waals surface area contributed by atoms with E-state index >= 15 is 0 Å². The minimum absolute atomic E-state index is 0.296. The molecule has 1 aliphatic heterocycles. The normalized spacial score (nSPS) is 23.0. The summed E-state index contributed by atoms with van der Waals surface area (Å²) in [6.07, 6.45) is 3.21. The Bertz CT molecular complexity index is 732. The molecule has 7 heteroatoms. The van der Waals surface area contributed by atoms with Crippen molar-refractivity contribution < 1.29 is 28.7 Å². The number of benzene rings is 1. The SMILES string of the molecule is COc1ccc(C(=O)COC(=O)[C@H](C)N2C(=O)[C@H]3CCCC[C@@H]3C2=O)cc1. The first-order valence-corrected chi connectivity index (χ1v) is 9.15. The van der Waals surface area contributed by atoms with Crippen LogP contribution in [-0.4, -0.2) is 48.2 Å². The summed E-state index contributed by atoms with van der Waals surface area (Å²) in [4.78, 5) is 50.6. The average Bonchev–Trinajstić information content (AvgIpc) is 2.96. The molecule has 0 radical (unpaired) electrons. The maximum Gasteiger partial charge on any atom is 0.329 e. The predicted molar refractivity (Wildman–Crippen MR) is 95.0 cm³/mol. The van der Waals surface area contributed by atoms with Crippen molar-refractivity contribution in [1.82, 2.24) is 4.90 Å². The van der Waals surface area contributed by atoms with Crippen LogP contribution in [0.2, 0.25) is 0 Å². The molecule has 2 fully saturated rings. The molecule has 0 N–H and O–H groups in total. The smallest absolute Gasteiger partial charge is 0.329 e. The van der Waals surface area contributed by atoms with Crippen LogP contribution in [-0.2, 0) is 19.1 Å². The molecule has 2 aliphatic rings. The molecule has 1 aliphatic carbocycles. The molecular weight excluding hydrogens is 350 g/mol. The molecule has 0 spiro atoms. The Morgan fingerprint density at radius 1 is 1.07 bits per heavy atom. The van der Waals surface area contributed by atoms with Crippen molar-refractivity contribution >= 4 is 23.6 Å². The zero-order valence-corrected chi connectivity index (χ0v) is 15.5. The van der Waals surface area contributed by atoms with E-state index in [-0.39, 0.29) is 29.4 Å². The molecule has 0 aromatic heterocycles. The van der Waals surface area contributed by atoms with Crippen LogP contribution in [0.5, 0.6) is 5.75 Å². The molecule has 3 atom stereocenters. The van der Waals surface area contributed by atoms with Crippen LogP contribution >= 0.6 is 0 Å². The number of rotatable bonds is 6. The molecule has 1 saturated carbocycles. The third-order valence-electron chi connectivity index (χ3n) is 5.36. The van der Waals surface area contributed by atoms with Gasteiger partial charge in [0, 0.05) is 5.56 Å². The standard InChI is InChI=1S/C20H23NO6/c1-12(21-18(23)15-5-3-4-6-16(15)19(21)24)20(25)27-11-17(22)13-7-9-14(26-2)10-8-13/h7-10,12,15-16H,3-6,11H2,1-2H3/t12-,15-,16-/m0/s1. The number of carbonyl (C=O) groups excluding carboxylic acids is 4. The van der Waals surface area contributed by atoms with Gasteiger partial charge in [0.2, 0.25) is 11.8 Å². The number of likely N-dealkylation sites (tertiary alicyclic amines) is 1. The van der Waals surface area contributed by atoms with E-state index in [0.717, 1.165) is 17.7 Å². The van der Waals surface area contributed by atoms with E-state index in [2.05, 4.69) is 0 Å². The van der Waals surface area contributed by atoms with Crippen molar-refractivity contribution in [3.05, 3.63) is 29.8 Å². The topological polar surface area (TPSA) is 90.0 Å². The van der Waals surface area contributed by atoms with Crippen LogP contribution in [0.25, 0.3) is 0 Å². The molecular formula is C20H23NO6. The van der Waals surface area contributed by atoms with E-state index in [1.54, 1.807) is 24.3 Å². The first kappa shape index (κ1) is 19.1. The zero-order chi connectivity index (χ0) is 19.6. The lowest BCUT2D eigenvalue weighted by atomic mass is 9.81. The van der Waals surface area contributed by atoms with Crippen LogP contribution < -0.4 is 4.74 Å². The van der Waals surface area contributed by atoms with Gasteiger partial charge in [-0.2, -0.15) is 0 Å². The van der Waals surface area contributed by atoms with Crippen LogP contribution in [0.3, 0.4) is 0 Å². The number of imide groups is 1. The number of hydrogen-bond donors (Lipinski definition) is 0. The summed E-state index contributed by atoms with van der Waals surface area (Å²) >= 11 is 0. The van der Waals surface area contributed by atoms with E-state index in [1.807, 2.05) is 0 Å². The molecule has 1 aromatic rings. The minimum atomic E-state index is -1.03. The maximum absolute atomic E-state index is 12.5. The number of fused-ring (bicyclic) bond motifs is 1. The van der Waals surface area contributed by atoms with Crippen LogP contribution in [0, 0.1) is 11.8 Å². The lowest BCUT2D eigenvalue weighted by Crippen LogP contribution is -2.44. The van der Waals surface area contributed by atoms with Gasteiger partial charge in [0.15, 0.2) is 12.4 Å². The van der Waals surface area contributed by atoms with Gasteiger partial charge >= 0.3 is 5.97 Å². The molecule has 2 amide bonds. The van der Waals surface area contributed by atoms with Gasteiger partial charge in [-0.1, -0.05) is 12.8 Å². The number of carbonyl (C=O) groups is 4. The van der Waals surface area contributed by atoms with Crippen LogP contribution in [0.4, 0.5) is 0 Å². The Morgan fingerprint density at radius 2 is 1.63 bits per heavy atom. The molecule has 7 nitrogen and oxygen atoms in total. The highest BCUT2D eigenvalue weighted by Gasteiger charge is 2.51. The molecule has 3 rings (SSSR count). The monoisotopic (exact) mass is 373 g/mol. The van der Waals surface area contributed by atoms with Gasteiger partial charge in [0.1, 0.15) is 11.8 Å². The maximum atomic E-state index is 12.5. The average molecular weight is 373 g/mol. The third-order valence-corrected chi connectivity index (χ3v) is 5.36. The molecule has 1 saturated heterocycles. The van der Waals surface area contributed by atoms with Gasteiger partial charge in [0.25, 0.3) is 0 Å². The quantitative estimate of drug-likeness (QED) is 0.430. The fourth-order valence-electron chi connectivity index (χ4n) is 3.79. The summed E-state index contributed by atoms with van der Waals surface area (Å²) in [7, 11) is 1.52. The summed E-state index contributed by atoms with van der Waals surface area (Å²) in [5, 5.41) is 0. The molecule has 0 unspecified atom stereocenters. The number of methoxy groups -OCH3 is 1. The number of ketones is 1. The number of amides is 2. The third kappa shape index (κ3) is 3.72. The van der Waals surface area contributed by atoms with E-state index in [0.29, 0.717) is 24.2 Å². The molecule has 144 valence electrons. The fraction of sp³-hybridized carbons (Fsp3) is 0.500. The van der Waals surface area contributed by atoms with E-state index in [4.69, 9.17) is 9.47 Å². The number of nitrogens with zero attached hydrogens (tertiary/aromatic N) is 1. The first-order valence-electron chi connectivity index (χ1n) is 9.15. The second-order valence-electron chi connectivity index (χ2n) is 6.98. The Hall–Kier alpha value is -2.70. The number of hydrogen-bond acceptors (Lipinski definition) is 6. The Morgan fingerprint density at radius 3 is 2.15 bits per heavy atom. The number of Topliss-reactive ketones (excluding diaryl/α,β-unsaturated/α-hetero) is 1. The van der Waals surface area contributed by atoms with Gasteiger partial charge < -0.3 is 9.47 Å².